The van der Waals surface area contributed by atoms with Crippen LogP contribution in [0.3, 0.4) is 0 Å². The predicted octanol–water partition coefficient (Wildman–Crippen LogP) is 13.5. The first-order valence-corrected chi connectivity index (χ1v) is 20.2. The summed E-state index contributed by atoms with van der Waals surface area (Å²) < 4.78 is 22.4. The number of unbranched alkanes of at least 4 members (excludes halogenated alkanes) is 30. The Labute approximate surface area is 283 Å². The standard InChI is InChI=1S/C36H75O4P.Mg.2H/c1-3-5-7-9-11-13-15-17-19-21-23-25-27-29-31-33-35-39-41(37,38)40-36-34-32-30-28-26-24-22-20-18-16-14-12-10-8-6-4-2;;;/h3-36H2,1-2H3,(H,37,38);;;/q;+2;2*-1. The van der Waals surface area contributed by atoms with E-state index in [0.717, 1.165) is 25.7 Å². The van der Waals surface area contributed by atoms with Crippen molar-refractivity contribution in [3.05, 3.63) is 0 Å². The summed E-state index contributed by atoms with van der Waals surface area (Å²) in [5, 5.41) is 0. The van der Waals surface area contributed by atoms with E-state index in [4.69, 9.17) is 9.05 Å². The summed E-state index contributed by atoms with van der Waals surface area (Å²) in [5.41, 5.74) is 0. The first-order chi connectivity index (χ1) is 20.1. The monoisotopic (exact) mass is 629 g/mol. The molecular weight excluding hydrogens is 552 g/mol. The Hall–Kier alpha value is 0.876. The van der Waals surface area contributed by atoms with E-state index < -0.39 is 7.82 Å². The van der Waals surface area contributed by atoms with Gasteiger partial charge in [0.15, 0.2) is 0 Å². The summed E-state index contributed by atoms with van der Waals surface area (Å²) in [6.07, 6.45) is 42.2. The fraction of sp³-hybridized carbons (Fsp3) is 1.00. The second-order valence-electron chi connectivity index (χ2n) is 12.7. The van der Waals surface area contributed by atoms with Gasteiger partial charge in [0.05, 0.1) is 13.2 Å². The van der Waals surface area contributed by atoms with Crippen molar-refractivity contribution in [2.75, 3.05) is 13.2 Å². The van der Waals surface area contributed by atoms with Crippen LogP contribution in [0.5, 0.6) is 0 Å². The van der Waals surface area contributed by atoms with Crippen LogP contribution in [0.2, 0.25) is 0 Å². The Kier molecular flexibility index (Phi) is 40.8. The smallest absolute Gasteiger partial charge is 1.00 e. The second kappa shape index (κ2) is 38.1. The SMILES string of the molecule is CCCCCCCCCCCCCCCCCCOP(=O)(O)OCCCCCCCCCCCCCCCCCC.[H-].[H-].[Mg+2]. The van der Waals surface area contributed by atoms with Crippen LogP contribution in [0.4, 0.5) is 0 Å². The molecule has 0 unspecified atom stereocenters. The molecule has 0 fully saturated rings. The molecule has 0 aliphatic heterocycles. The molecule has 0 saturated carbocycles. The van der Waals surface area contributed by atoms with E-state index in [2.05, 4.69) is 13.8 Å². The summed E-state index contributed by atoms with van der Waals surface area (Å²) in [6, 6.07) is 0. The van der Waals surface area contributed by atoms with Crippen molar-refractivity contribution < 1.29 is 21.4 Å². The van der Waals surface area contributed by atoms with Gasteiger partial charge in [0.1, 0.15) is 0 Å². The van der Waals surface area contributed by atoms with Gasteiger partial charge in [-0.1, -0.05) is 206 Å². The summed E-state index contributed by atoms with van der Waals surface area (Å²) >= 11 is 0. The minimum atomic E-state index is -3.87. The molecule has 0 aliphatic rings. The maximum Gasteiger partial charge on any atom is 2.00 e. The molecule has 4 nitrogen and oxygen atoms in total. The molecule has 0 bridgehead atoms. The summed E-state index contributed by atoms with van der Waals surface area (Å²) in [5.74, 6) is 0. The third kappa shape index (κ3) is 38.9. The molecule has 0 heterocycles. The van der Waals surface area contributed by atoms with Gasteiger partial charge in [-0.05, 0) is 12.8 Å². The zero-order chi connectivity index (χ0) is 30.0. The average molecular weight is 629 g/mol. The summed E-state index contributed by atoms with van der Waals surface area (Å²) in [6.45, 7) is 5.21. The van der Waals surface area contributed by atoms with Crippen LogP contribution in [0.15, 0.2) is 0 Å². The van der Waals surface area contributed by atoms with Gasteiger partial charge in [-0.3, -0.25) is 9.05 Å². The molecule has 0 atom stereocenters. The minimum Gasteiger partial charge on any atom is -1.00 e. The van der Waals surface area contributed by atoms with E-state index in [9.17, 15) is 9.46 Å². The van der Waals surface area contributed by atoms with Crippen molar-refractivity contribution in [3.8, 4) is 0 Å². The first kappa shape index (κ1) is 45.0. The Bertz CT molecular complexity index is 504. The normalized spacial score (nSPS) is 11.7. The Morgan fingerprint density at radius 3 is 0.738 bits per heavy atom. The molecule has 0 radical (unpaired) electrons. The van der Waals surface area contributed by atoms with Crippen molar-refractivity contribution in [2.24, 2.45) is 0 Å². The summed E-state index contributed by atoms with van der Waals surface area (Å²) in [7, 11) is -3.87. The van der Waals surface area contributed by atoms with Crippen LogP contribution in [0.1, 0.15) is 222 Å². The van der Waals surface area contributed by atoms with Crippen LogP contribution in [-0.2, 0) is 13.6 Å². The Morgan fingerprint density at radius 2 is 0.548 bits per heavy atom. The van der Waals surface area contributed by atoms with E-state index in [1.807, 2.05) is 0 Å². The number of rotatable bonds is 36. The molecule has 0 aromatic carbocycles. The van der Waals surface area contributed by atoms with Gasteiger partial charge in [-0.2, -0.15) is 0 Å². The molecule has 0 aliphatic carbocycles. The van der Waals surface area contributed by atoms with Gasteiger partial charge in [0.25, 0.3) is 0 Å². The van der Waals surface area contributed by atoms with Crippen LogP contribution in [0, 0.1) is 0 Å². The first-order valence-electron chi connectivity index (χ1n) is 18.7. The fourth-order valence-corrected chi connectivity index (χ4v) is 6.49. The maximum absolute atomic E-state index is 12.0. The van der Waals surface area contributed by atoms with Crippen LogP contribution in [0.25, 0.3) is 0 Å². The van der Waals surface area contributed by atoms with Crippen LogP contribution >= 0.6 is 7.82 Å². The third-order valence-corrected chi connectivity index (χ3v) is 9.52. The molecule has 0 rings (SSSR count). The second-order valence-corrected chi connectivity index (χ2v) is 14.2. The molecule has 0 saturated heterocycles. The van der Waals surface area contributed by atoms with Gasteiger partial charge in [-0.25, -0.2) is 4.57 Å². The van der Waals surface area contributed by atoms with E-state index >= 15 is 0 Å². The molecule has 6 heteroatoms. The molecule has 1 N–H and O–H groups in total. The molecule has 0 aromatic heterocycles. The van der Waals surface area contributed by atoms with E-state index in [0.29, 0.717) is 13.2 Å². The van der Waals surface area contributed by atoms with E-state index in [1.165, 1.54) is 180 Å². The molecule has 0 aromatic rings. The molecule has 252 valence electrons. The van der Waals surface area contributed by atoms with E-state index in [1.54, 1.807) is 0 Å². The van der Waals surface area contributed by atoms with Gasteiger partial charge >= 0.3 is 30.9 Å². The zero-order valence-electron chi connectivity index (χ0n) is 30.9. The predicted molar refractivity (Wildman–Crippen MR) is 189 cm³/mol. The zero-order valence-corrected chi connectivity index (χ0v) is 31.2. The van der Waals surface area contributed by atoms with Crippen molar-refractivity contribution in [3.63, 3.8) is 0 Å². The number of phosphoric acid groups is 1. The molecule has 42 heavy (non-hydrogen) atoms. The summed E-state index contributed by atoms with van der Waals surface area (Å²) in [4.78, 5) is 9.88. The van der Waals surface area contributed by atoms with Gasteiger partial charge < -0.3 is 7.75 Å². The van der Waals surface area contributed by atoms with E-state index in [-0.39, 0.29) is 25.9 Å². The van der Waals surface area contributed by atoms with Crippen molar-refractivity contribution >= 4 is 30.9 Å². The molecule has 0 amide bonds. The van der Waals surface area contributed by atoms with Gasteiger partial charge in [0, 0.05) is 0 Å². The third-order valence-electron chi connectivity index (χ3n) is 8.50. The average Bonchev–Trinajstić information content (AvgIpc) is 2.96. The molecular formula is C36H77MgO4P. The quantitative estimate of drug-likeness (QED) is 0.0426. The van der Waals surface area contributed by atoms with Gasteiger partial charge in [0.2, 0.25) is 0 Å². The van der Waals surface area contributed by atoms with Crippen molar-refractivity contribution in [2.45, 2.75) is 219 Å². The maximum atomic E-state index is 12.0. The van der Waals surface area contributed by atoms with Crippen LogP contribution < -0.4 is 0 Å². The fourth-order valence-electron chi connectivity index (χ4n) is 5.70. The van der Waals surface area contributed by atoms with Gasteiger partial charge in [-0.15, -0.1) is 0 Å². The number of phosphoric ester groups is 1. The molecule has 0 spiro atoms. The van der Waals surface area contributed by atoms with Crippen molar-refractivity contribution in [1.82, 2.24) is 0 Å². The number of hydrogen-bond donors (Lipinski definition) is 1. The topological polar surface area (TPSA) is 55.8 Å². The van der Waals surface area contributed by atoms with Crippen molar-refractivity contribution in [1.29, 1.82) is 0 Å². The van der Waals surface area contributed by atoms with Crippen LogP contribution in [-0.4, -0.2) is 41.2 Å². The Morgan fingerprint density at radius 1 is 0.381 bits per heavy atom. The minimum absolute atomic E-state index is 0. The Balaban J connectivity index is -0.00000267. The largest absolute Gasteiger partial charge is 2.00 e. The number of hydrogen-bond acceptors (Lipinski definition) is 3.